The molecule has 5 aliphatic carbocycles. The topological polar surface area (TPSA) is 132 Å². The van der Waals surface area contributed by atoms with E-state index in [1.807, 2.05) is 6.92 Å². The second-order valence-corrected chi connectivity index (χ2v) is 18.0. The molecule has 280 valence electrons. The Morgan fingerprint density at radius 2 is 1.22 bits per heavy atom. The molecule has 0 aliphatic heterocycles. The molecule has 0 saturated heterocycles. The van der Waals surface area contributed by atoms with E-state index in [4.69, 9.17) is 23.7 Å². The molecule has 5 rings (SSSR count). The summed E-state index contributed by atoms with van der Waals surface area (Å²) in [6.45, 7) is 20.9. The van der Waals surface area contributed by atoms with Crippen molar-refractivity contribution in [2.45, 2.75) is 146 Å². The van der Waals surface area contributed by atoms with Crippen LogP contribution in [0.1, 0.15) is 128 Å². The van der Waals surface area contributed by atoms with E-state index in [0.717, 1.165) is 38.5 Å². The number of rotatable bonds is 7. The lowest BCUT2D eigenvalue weighted by Crippen LogP contribution is -2.68. The van der Waals surface area contributed by atoms with E-state index in [1.54, 1.807) is 0 Å². The van der Waals surface area contributed by atoms with Gasteiger partial charge < -0.3 is 23.7 Å². The molecule has 0 aromatic carbocycles. The van der Waals surface area contributed by atoms with Crippen LogP contribution in [0.5, 0.6) is 0 Å². The lowest BCUT2D eigenvalue weighted by molar-refractivity contribution is -0.242. The summed E-state index contributed by atoms with van der Waals surface area (Å²) in [5.74, 6) is -1.46. The van der Waals surface area contributed by atoms with Crippen LogP contribution in [-0.2, 0) is 47.7 Å². The number of carbonyl (C=O) groups excluding carboxylic acids is 5. The number of ether oxygens (including phenoxy) is 5. The number of hydrogen-bond donors (Lipinski definition) is 0. The first-order chi connectivity index (χ1) is 23.1. The number of allylic oxidation sites excluding steroid dienone is 2. The lowest BCUT2D eigenvalue weighted by atomic mass is 9.33. The van der Waals surface area contributed by atoms with E-state index in [9.17, 15) is 24.0 Å². The van der Waals surface area contributed by atoms with Crippen LogP contribution in [-0.4, -0.2) is 61.4 Å². The smallest absolute Gasteiger partial charge is 0.303 e. The summed E-state index contributed by atoms with van der Waals surface area (Å²) in [5, 5.41) is 0. The Balaban J connectivity index is 1.58. The summed E-state index contributed by atoms with van der Waals surface area (Å²) in [6, 6.07) is 0. The Bertz CT molecular complexity index is 1450. The first kappa shape index (κ1) is 38.3. The van der Waals surface area contributed by atoms with Gasteiger partial charge in [-0.1, -0.05) is 53.2 Å². The molecule has 0 N–H and O–H groups in total. The SMILES string of the molecule is CC(=O)OC[C@@]1(C)C[C@H]2C3=CC[C@@H]4[C@@]5(C)CC[C@H](OC(C)=O)[C@](C)(COC(C)=O)[C@@H]5CC[C@@]4(C)[C@]3(C)CC[C@@]2(C)[C@H](OC(C)=O)[C@@H]1OC(C)=O. The molecule has 5 aliphatic rings. The van der Waals surface area contributed by atoms with Crippen molar-refractivity contribution in [3.8, 4) is 0 Å². The predicted octanol–water partition coefficient (Wildman–Crippen LogP) is 6.91. The van der Waals surface area contributed by atoms with Gasteiger partial charge in [-0.15, -0.1) is 0 Å². The van der Waals surface area contributed by atoms with Crippen molar-refractivity contribution in [3.05, 3.63) is 11.6 Å². The molecule has 0 radical (unpaired) electrons. The molecule has 4 saturated carbocycles. The normalized spacial score (nSPS) is 44.8. The molecule has 0 heterocycles. The van der Waals surface area contributed by atoms with Crippen molar-refractivity contribution < 1.29 is 47.7 Å². The van der Waals surface area contributed by atoms with Crippen molar-refractivity contribution >= 4 is 29.8 Å². The molecule has 0 aromatic heterocycles. The predicted molar refractivity (Wildman–Crippen MR) is 184 cm³/mol. The quantitative estimate of drug-likeness (QED) is 0.157. The van der Waals surface area contributed by atoms with Crippen LogP contribution in [0.4, 0.5) is 0 Å². The second-order valence-electron chi connectivity index (χ2n) is 18.0. The third kappa shape index (κ3) is 5.98. The van der Waals surface area contributed by atoms with E-state index in [1.165, 1.54) is 40.2 Å². The molecular formula is C40H60O10. The third-order valence-electron chi connectivity index (χ3n) is 15.0. The molecular weight excluding hydrogens is 640 g/mol. The molecule has 50 heavy (non-hydrogen) atoms. The summed E-state index contributed by atoms with van der Waals surface area (Å²) >= 11 is 0. The van der Waals surface area contributed by atoms with Gasteiger partial charge in [0.15, 0.2) is 0 Å². The number of esters is 5. The molecule has 0 spiro atoms. The number of hydrogen-bond acceptors (Lipinski definition) is 10. The molecule has 0 amide bonds. The van der Waals surface area contributed by atoms with Gasteiger partial charge in [0.2, 0.25) is 0 Å². The summed E-state index contributed by atoms with van der Waals surface area (Å²) in [5.41, 5.74) is -0.803. The minimum Gasteiger partial charge on any atom is -0.465 e. The van der Waals surface area contributed by atoms with Crippen LogP contribution in [0.2, 0.25) is 0 Å². The van der Waals surface area contributed by atoms with Crippen LogP contribution in [0.25, 0.3) is 0 Å². The number of carbonyl (C=O) groups is 5. The Labute approximate surface area is 298 Å². The fourth-order valence-electron chi connectivity index (χ4n) is 12.3. The minimum absolute atomic E-state index is 0.00444. The average molecular weight is 701 g/mol. The van der Waals surface area contributed by atoms with E-state index in [-0.39, 0.29) is 59.3 Å². The zero-order valence-corrected chi connectivity index (χ0v) is 32.2. The van der Waals surface area contributed by atoms with E-state index < -0.39 is 46.4 Å². The van der Waals surface area contributed by atoms with Gasteiger partial charge in [0, 0.05) is 50.9 Å². The summed E-state index contributed by atoms with van der Waals surface area (Å²) in [6.07, 6.45) is 7.27. The highest BCUT2D eigenvalue weighted by atomic mass is 16.6. The second kappa shape index (κ2) is 12.9. The fourth-order valence-corrected chi connectivity index (χ4v) is 12.3. The van der Waals surface area contributed by atoms with Crippen LogP contribution >= 0.6 is 0 Å². The van der Waals surface area contributed by atoms with Crippen LogP contribution in [0, 0.1) is 50.2 Å². The molecule has 0 bridgehead atoms. The molecule has 0 aromatic rings. The van der Waals surface area contributed by atoms with Crippen molar-refractivity contribution in [1.29, 1.82) is 0 Å². The molecule has 12 atom stereocenters. The zero-order valence-electron chi connectivity index (χ0n) is 32.2. The zero-order chi connectivity index (χ0) is 37.2. The van der Waals surface area contributed by atoms with Crippen molar-refractivity contribution in [2.75, 3.05) is 13.2 Å². The Hall–Kier alpha value is -2.91. The molecule has 10 heteroatoms. The first-order valence-corrected chi connectivity index (χ1v) is 18.6. The Morgan fingerprint density at radius 3 is 1.80 bits per heavy atom. The van der Waals surface area contributed by atoms with Gasteiger partial charge in [-0.3, -0.25) is 24.0 Å². The fraction of sp³-hybridized carbons (Fsp3) is 0.825. The highest BCUT2D eigenvalue weighted by molar-refractivity contribution is 5.68. The number of fused-ring (bicyclic) bond motifs is 7. The standard InChI is InChI=1S/C40H60O10/c1-23(41)46-21-35(6)20-29-28-12-13-31-37(8)16-15-32(48-25(3)43)38(9,22-47-24(2)42)30(37)14-17-40(31,11)39(28,10)19-18-36(29,7)34(50-27(5)45)33(35)49-26(4)44/h12,29-34H,13-22H2,1-11H3/t29-,30+,31+,32-,33-,34+,35+,36+,37-,38+,39+,40+/m0/s1. The summed E-state index contributed by atoms with van der Waals surface area (Å²) < 4.78 is 29.5. The maximum Gasteiger partial charge on any atom is 0.303 e. The van der Waals surface area contributed by atoms with E-state index in [0.29, 0.717) is 18.8 Å². The molecule has 0 unspecified atom stereocenters. The van der Waals surface area contributed by atoms with E-state index >= 15 is 0 Å². The Morgan fingerprint density at radius 1 is 0.640 bits per heavy atom. The van der Waals surface area contributed by atoms with Crippen LogP contribution in [0.3, 0.4) is 0 Å². The van der Waals surface area contributed by atoms with Gasteiger partial charge in [-0.05, 0) is 85.4 Å². The molecule has 4 fully saturated rings. The maximum absolute atomic E-state index is 12.7. The van der Waals surface area contributed by atoms with E-state index in [2.05, 4.69) is 40.7 Å². The third-order valence-corrected chi connectivity index (χ3v) is 15.0. The van der Waals surface area contributed by atoms with Gasteiger partial charge in [0.1, 0.15) is 31.5 Å². The average Bonchev–Trinajstić information content (AvgIpc) is 3.00. The largest absolute Gasteiger partial charge is 0.465 e. The van der Waals surface area contributed by atoms with Crippen LogP contribution in [0.15, 0.2) is 11.6 Å². The van der Waals surface area contributed by atoms with Gasteiger partial charge in [-0.2, -0.15) is 0 Å². The van der Waals surface area contributed by atoms with Gasteiger partial charge in [0.05, 0.1) is 0 Å². The monoisotopic (exact) mass is 700 g/mol. The maximum atomic E-state index is 12.7. The Kier molecular flexibility index (Phi) is 9.92. The van der Waals surface area contributed by atoms with Gasteiger partial charge >= 0.3 is 29.8 Å². The lowest BCUT2D eigenvalue weighted by Gasteiger charge is -2.72. The van der Waals surface area contributed by atoms with Gasteiger partial charge in [-0.25, -0.2) is 0 Å². The summed E-state index contributed by atoms with van der Waals surface area (Å²) in [7, 11) is 0. The van der Waals surface area contributed by atoms with Crippen molar-refractivity contribution in [1.82, 2.24) is 0 Å². The van der Waals surface area contributed by atoms with Crippen LogP contribution < -0.4 is 0 Å². The van der Waals surface area contributed by atoms with Gasteiger partial charge in [0.25, 0.3) is 0 Å². The summed E-state index contributed by atoms with van der Waals surface area (Å²) in [4.78, 5) is 61.7. The first-order valence-electron chi connectivity index (χ1n) is 18.6. The van der Waals surface area contributed by atoms with Crippen molar-refractivity contribution in [2.24, 2.45) is 50.2 Å². The highest BCUT2D eigenvalue weighted by Crippen LogP contribution is 2.76. The highest BCUT2D eigenvalue weighted by Gasteiger charge is 2.71. The minimum atomic E-state index is -0.796. The molecule has 10 nitrogen and oxygen atoms in total. The van der Waals surface area contributed by atoms with Crippen molar-refractivity contribution in [3.63, 3.8) is 0 Å².